The first-order valence-electron chi connectivity index (χ1n) is 9.76. The van der Waals surface area contributed by atoms with Crippen LogP contribution in [0, 0.1) is 24.1 Å². The van der Waals surface area contributed by atoms with E-state index in [1.54, 1.807) is 13.1 Å². The monoisotopic (exact) mass is 417 g/mol. The smallest absolute Gasteiger partial charge is 0.243 e. The maximum atomic E-state index is 13.9. The van der Waals surface area contributed by atoms with Gasteiger partial charge in [0.2, 0.25) is 15.9 Å². The van der Waals surface area contributed by atoms with Crippen LogP contribution in [0.25, 0.3) is 0 Å². The molecule has 1 saturated carbocycles. The van der Waals surface area contributed by atoms with Crippen molar-refractivity contribution in [2.24, 2.45) is 11.3 Å². The van der Waals surface area contributed by atoms with Crippen LogP contribution in [0.2, 0.25) is 0 Å². The third-order valence-electron chi connectivity index (χ3n) is 6.23. The van der Waals surface area contributed by atoms with Crippen LogP contribution in [0.5, 0.6) is 0 Å². The van der Waals surface area contributed by atoms with Crippen LogP contribution in [0.15, 0.2) is 47.5 Å². The number of carbonyl (C=O) groups excluding carboxylic acids is 1. The number of aryl methyl sites for hydroxylation is 1. The van der Waals surface area contributed by atoms with Gasteiger partial charge in [0.1, 0.15) is 5.82 Å². The number of pyridine rings is 1. The number of amides is 1. The Hall–Kier alpha value is -2.32. The molecule has 0 radical (unpaired) electrons. The lowest BCUT2D eigenvalue weighted by molar-refractivity contribution is -0.129. The molecule has 1 unspecified atom stereocenters. The Kier molecular flexibility index (Phi) is 5.16. The predicted molar refractivity (Wildman–Crippen MR) is 106 cm³/mol. The lowest BCUT2D eigenvalue weighted by atomic mass is 9.62. The van der Waals surface area contributed by atoms with Crippen LogP contribution in [0.3, 0.4) is 0 Å². The number of hydrogen-bond donors (Lipinski definition) is 1. The molecule has 154 valence electrons. The second kappa shape index (κ2) is 7.50. The van der Waals surface area contributed by atoms with Crippen LogP contribution in [-0.4, -0.2) is 36.7 Å². The quantitative estimate of drug-likeness (QED) is 0.811. The minimum absolute atomic E-state index is 0.0652. The maximum Gasteiger partial charge on any atom is 0.243 e. The van der Waals surface area contributed by atoms with E-state index in [-0.39, 0.29) is 22.8 Å². The summed E-state index contributed by atoms with van der Waals surface area (Å²) in [5, 5.41) is 2.91. The Bertz CT molecular complexity index is 1020. The molecule has 1 aromatic heterocycles. The topological polar surface area (TPSA) is 79.4 Å². The van der Waals surface area contributed by atoms with Gasteiger partial charge in [-0.25, -0.2) is 12.8 Å². The fourth-order valence-electron chi connectivity index (χ4n) is 4.29. The molecule has 2 heterocycles. The Morgan fingerprint density at radius 1 is 1.31 bits per heavy atom. The SMILES string of the molecule is Cc1ccc(S(=O)(=O)N2CC(C(=O)NCc3ccccn3)C3(CCC3)C2)cc1F. The molecule has 2 aromatic rings. The van der Waals surface area contributed by atoms with Gasteiger partial charge in [0, 0.05) is 19.3 Å². The van der Waals surface area contributed by atoms with Crippen molar-refractivity contribution < 1.29 is 17.6 Å². The molecule has 1 N–H and O–H groups in total. The summed E-state index contributed by atoms with van der Waals surface area (Å²) >= 11 is 0. The molecule has 2 aliphatic rings. The van der Waals surface area contributed by atoms with Gasteiger partial charge >= 0.3 is 0 Å². The van der Waals surface area contributed by atoms with E-state index in [1.807, 2.05) is 18.2 Å². The molecule has 1 saturated heterocycles. The fraction of sp³-hybridized carbons (Fsp3) is 0.429. The van der Waals surface area contributed by atoms with Gasteiger partial charge in [-0.3, -0.25) is 9.78 Å². The summed E-state index contributed by atoms with van der Waals surface area (Å²) in [4.78, 5) is 17.0. The largest absolute Gasteiger partial charge is 0.350 e. The third kappa shape index (κ3) is 3.67. The molecule has 1 amide bonds. The first-order valence-corrected chi connectivity index (χ1v) is 11.2. The van der Waals surface area contributed by atoms with Crippen molar-refractivity contribution in [2.45, 2.75) is 37.6 Å². The molecule has 1 aromatic carbocycles. The van der Waals surface area contributed by atoms with E-state index in [1.165, 1.54) is 16.4 Å². The van der Waals surface area contributed by atoms with Crippen molar-refractivity contribution in [3.8, 4) is 0 Å². The number of sulfonamides is 1. The first kappa shape index (κ1) is 20.0. The molecule has 2 fully saturated rings. The summed E-state index contributed by atoms with van der Waals surface area (Å²) < 4.78 is 41.5. The van der Waals surface area contributed by atoms with Crippen LogP contribution in [0.1, 0.15) is 30.5 Å². The Morgan fingerprint density at radius 2 is 2.10 bits per heavy atom. The fourth-order valence-corrected chi connectivity index (χ4v) is 5.85. The number of carbonyl (C=O) groups is 1. The van der Waals surface area contributed by atoms with E-state index in [0.29, 0.717) is 18.7 Å². The molecule has 1 aliphatic heterocycles. The van der Waals surface area contributed by atoms with Crippen LogP contribution < -0.4 is 5.32 Å². The zero-order valence-corrected chi connectivity index (χ0v) is 17.1. The molecule has 0 bridgehead atoms. The highest BCUT2D eigenvalue weighted by molar-refractivity contribution is 7.89. The Balaban J connectivity index is 1.52. The molecule has 1 spiro atoms. The summed E-state index contributed by atoms with van der Waals surface area (Å²) in [7, 11) is -3.86. The van der Waals surface area contributed by atoms with Gasteiger partial charge in [-0.2, -0.15) is 4.31 Å². The number of nitrogens with one attached hydrogen (secondary N) is 1. The predicted octanol–water partition coefficient (Wildman–Crippen LogP) is 2.64. The molecule has 4 rings (SSSR count). The Morgan fingerprint density at radius 3 is 2.72 bits per heavy atom. The lowest BCUT2D eigenvalue weighted by Gasteiger charge is -2.42. The number of benzene rings is 1. The molecular weight excluding hydrogens is 393 g/mol. The summed E-state index contributed by atoms with van der Waals surface area (Å²) in [6, 6.07) is 9.45. The van der Waals surface area contributed by atoms with Crippen molar-refractivity contribution in [3.63, 3.8) is 0 Å². The highest BCUT2D eigenvalue weighted by Gasteiger charge is 2.55. The van der Waals surface area contributed by atoms with Crippen molar-refractivity contribution >= 4 is 15.9 Å². The van der Waals surface area contributed by atoms with Crippen molar-refractivity contribution in [2.75, 3.05) is 13.1 Å². The second-order valence-corrected chi connectivity index (χ2v) is 9.95. The zero-order chi connectivity index (χ0) is 20.6. The molecular formula is C21H24FN3O3S. The number of hydrogen-bond acceptors (Lipinski definition) is 4. The lowest BCUT2D eigenvalue weighted by Crippen LogP contribution is -2.45. The third-order valence-corrected chi connectivity index (χ3v) is 8.04. The molecule has 1 atom stereocenters. The van der Waals surface area contributed by atoms with Gasteiger partial charge in [0.25, 0.3) is 0 Å². The van der Waals surface area contributed by atoms with Gasteiger partial charge in [0.15, 0.2) is 0 Å². The summed E-state index contributed by atoms with van der Waals surface area (Å²) in [6.45, 7) is 2.31. The molecule has 1 aliphatic carbocycles. The second-order valence-electron chi connectivity index (χ2n) is 8.02. The van der Waals surface area contributed by atoms with Crippen LogP contribution >= 0.6 is 0 Å². The standard InChI is InChI=1S/C21H24FN3O3S/c1-15-6-7-17(11-19(15)22)29(27,28)25-13-18(21(14-25)8-4-9-21)20(26)24-12-16-5-2-3-10-23-16/h2-3,5-7,10-11,18H,4,8-9,12-14H2,1H3,(H,24,26). The van der Waals surface area contributed by atoms with E-state index < -0.39 is 21.8 Å². The van der Waals surface area contributed by atoms with Gasteiger partial charge in [-0.05, 0) is 55.0 Å². The van der Waals surface area contributed by atoms with Crippen molar-refractivity contribution in [1.82, 2.24) is 14.6 Å². The summed E-state index contributed by atoms with van der Waals surface area (Å²) in [5.74, 6) is -1.11. The number of rotatable bonds is 5. The average molecular weight is 418 g/mol. The normalized spacial score (nSPS) is 21.1. The maximum absolute atomic E-state index is 13.9. The van der Waals surface area contributed by atoms with E-state index in [0.717, 1.165) is 31.0 Å². The van der Waals surface area contributed by atoms with E-state index in [9.17, 15) is 17.6 Å². The van der Waals surface area contributed by atoms with E-state index in [4.69, 9.17) is 0 Å². The highest BCUT2D eigenvalue weighted by atomic mass is 32.2. The molecule has 6 nitrogen and oxygen atoms in total. The van der Waals surface area contributed by atoms with E-state index >= 15 is 0 Å². The number of nitrogens with zero attached hydrogens (tertiary/aromatic N) is 2. The highest BCUT2D eigenvalue weighted by Crippen LogP contribution is 2.52. The van der Waals surface area contributed by atoms with Crippen molar-refractivity contribution in [1.29, 1.82) is 0 Å². The molecule has 8 heteroatoms. The van der Waals surface area contributed by atoms with E-state index in [2.05, 4.69) is 10.3 Å². The summed E-state index contributed by atoms with van der Waals surface area (Å²) in [6.07, 6.45) is 4.29. The minimum atomic E-state index is -3.86. The molecule has 29 heavy (non-hydrogen) atoms. The Labute approximate surface area is 170 Å². The average Bonchev–Trinajstić information content (AvgIpc) is 3.11. The number of halogens is 1. The van der Waals surface area contributed by atoms with Gasteiger partial charge < -0.3 is 5.32 Å². The van der Waals surface area contributed by atoms with Crippen LogP contribution in [-0.2, 0) is 21.4 Å². The van der Waals surface area contributed by atoms with Crippen LogP contribution in [0.4, 0.5) is 4.39 Å². The number of aromatic nitrogens is 1. The first-order chi connectivity index (χ1) is 13.8. The van der Waals surface area contributed by atoms with Crippen molar-refractivity contribution in [3.05, 3.63) is 59.7 Å². The summed E-state index contributed by atoms with van der Waals surface area (Å²) in [5.41, 5.74) is 0.818. The van der Waals surface area contributed by atoms with Gasteiger partial charge in [0.05, 0.1) is 23.1 Å². The van der Waals surface area contributed by atoms with Gasteiger partial charge in [-0.15, -0.1) is 0 Å². The van der Waals surface area contributed by atoms with Gasteiger partial charge in [-0.1, -0.05) is 18.6 Å². The zero-order valence-electron chi connectivity index (χ0n) is 16.3. The minimum Gasteiger partial charge on any atom is -0.350 e.